The van der Waals surface area contributed by atoms with Crippen LogP contribution in [0.5, 0.6) is 0 Å². The highest BCUT2D eigenvalue weighted by Gasteiger charge is 1.72. The van der Waals surface area contributed by atoms with Crippen LogP contribution in [0.1, 0.15) is 12.5 Å². The fraction of sp³-hybridized carbons (Fsp3) is 0.111. The van der Waals surface area contributed by atoms with Gasteiger partial charge >= 0.3 is 0 Å². The van der Waals surface area contributed by atoms with E-state index in [9.17, 15) is 0 Å². The molecule has 48 valence electrons. The SMILES string of the molecule is [CH2]C.[CH2]c1ccccc1. The van der Waals surface area contributed by atoms with Gasteiger partial charge in [-0.1, -0.05) is 44.2 Å². The van der Waals surface area contributed by atoms with Gasteiger partial charge in [0.05, 0.1) is 0 Å². The van der Waals surface area contributed by atoms with Crippen LogP contribution in [0.3, 0.4) is 0 Å². The average molecular weight is 120 g/mol. The molecule has 1 rings (SSSR count). The Hall–Kier alpha value is -0.780. The summed E-state index contributed by atoms with van der Waals surface area (Å²) in [5, 5.41) is 0. The summed E-state index contributed by atoms with van der Waals surface area (Å²) in [5.74, 6) is 0. The maximum absolute atomic E-state index is 3.72. The summed E-state index contributed by atoms with van der Waals surface area (Å²) in [6, 6.07) is 9.87. The first kappa shape index (κ1) is 8.22. The quantitative estimate of drug-likeness (QED) is 0.494. The van der Waals surface area contributed by atoms with Crippen molar-refractivity contribution in [3.8, 4) is 0 Å². The molecule has 0 spiro atoms. The van der Waals surface area contributed by atoms with Gasteiger partial charge in [0.2, 0.25) is 0 Å². The first-order chi connectivity index (χ1) is 4.39. The Kier molecular flexibility index (Phi) is 4.89. The van der Waals surface area contributed by atoms with Crippen LogP contribution >= 0.6 is 0 Å². The third-order valence-corrected chi connectivity index (χ3v) is 0.843. The molecule has 9 heavy (non-hydrogen) atoms. The number of hydrogen-bond acceptors (Lipinski definition) is 0. The third kappa shape index (κ3) is 3.77. The minimum Gasteiger partial charge on any atom is -0.0654 e. The smallest absolute Gasteiger partial charge is 0.0238 e. The van der Waals surface area contributed by atoms with Gasteiger partial charge in [0, 0.05) is 0 Å². The average Bonchev–Trinajstić information content (AvgIpc) is 1.94. The van der Waals surface area contributed by atoms with E-state index in [2.05, 4.69) is 13.8 Å². The molecule has 0 bridgehead atoms. The predicted octanol–water partition coefficient (Wildman–Crippen LogP) is 2.71. The van der Waals surface area contributed by atoms with E-state index in [1.807, 2.05) is 30.3 Å². The molecule has 0 amide bonds. The largest absolute Gasteiger partial charge is 0.0654 e. The van der Waals surface area contributed by atoms with Crippen LogP contribution in [0.4, 0.5) is 0 Å². The molecule has 0 fully saturated rings. The molecule has 1 aromatic carbocycles. The van der Waals surface area contributed by atoms with Crippen molar-refractivity contribution in [1.82, 2.24) is 0 Å². The molecule has 0 atom stereocenters. The zero-order valence-corrected chi connectivity index (χ0v) is 5.80. The lowest BCUT2D eigenvalue weighted by Crippen LogP contribution is -1.62. The highest BCUT2D eigenvalue weighted by Crippen LogP contribution is 1.92. The Balaban J connectivity index is 0.000000291. The molecule has 0 nitrogen and oxygen atoms in total. The van der Waals surface area contributed by atoms with Gasteiger partial charge < -0.3 is 0 Å². The molecule has 0 aliphatic carbocycles. The molecule has 0 aliphatic heterocycles. The highest BCUT2D eigenvalue weighted by molar-refractivity contribution is 5.16. The lowest BCUT2D eigenvalue weighted by molar-refractivity contribution is 1.62. The minimum atomic E-state index is 1.07. The number of hydrogen-bond donors (Lipinski definition) is 0. The van der Waals surface area contributed by atoms with Gasteiger partial charge in [-0.2, -0.15) is 0 Å². The Morgan fingerprint density at radius 3 is 1.67 bits per heavy atom. The van der Waals surface area contributed by atoms with E-state index in [1.165, 1.54) is 0 Å². The molecule has 0 saturated heterocycles. The normalized spacial score (nSPS) is 7.44. The van der Waals surface area contributed by atoms with Crippen molar-refractivity contribution in [3.05, 3.63) is 49.7 Å². The minimum absolute atomic E-state index is 1.07. The monoisotopic (exact) mass is 120 g/mol. The van der Waals surface area contributed by atoms with Gasteiger partial charge in [0.15, 0.2) is 0 Å². The molecule has 0 heteroatoms. The van der Waals surface area contributed by atoms with Crippen LogP contribution in [0.25, 0.3) is 0 Å². The van der Waals surface area contributed by atoms with Crippen molar-refractivity contribution in [1.29, 1.82) is 0 Å². The lowest BCUT2D eigenvalue weighted by atomic mass is 10.2. The van der Waals surface area contributed by atoms with Crippen molar-refractivity contribution >= 4 is 0 Å². The molecule has 0 saturated carbocycles. The van der Waals surface area contributed by atoms with E-state index >= 15 is 0 Å². The Bertz CT molecular complexity index is 130. The van der Waals surface area contributed by atoms with E-state index < -0.39 is 0 Å². The van der Waals surface area contributed by atoms with Crippen molar-refractivity contribution in [3.63, 3.8) is 0 Å². The van der Waals surface area contributed by atoms with E-state index in [0.717, 1.165) is 5.56 Å². The number of benzene rings is 1. The fourth-order valence-electron chi connectivity index (χ4n) is 0.478. The molecule has 0 heterocycles. The molecule has 0 aliphatic rings. The standard InChI is InChI=1S/C7H7.C2H5/c1-7-5-3-2-4-6-7;1-2/h2-6H,1H2;1H2,2H3. The summed E-state index contributed by atoms with van der Waals surface area (Å²) in [5.41, 5.74) is 1.07. The Labute approximate surface area is 57.5 Å². The van der Waals surface area contributed by atoms with E-state index in [1.54, 1.807) is 6.92 Å². The molecular formula is C9H12. The van der Waals surface area contributed by atoms with Crippen molar-refractivity contribution < 1.29 is 0 Å². The van der Waals surface area contributed by atoms with Crippen LogP contribution < -0.4 is 0 Å². The van der Waals surface area contributed by atoms with E-state index in [0.29, 0.717) is 0 Å². The van der Waals surface area contributed by atoms with Crippen LogP contribution in [0.2, 0.25) is 0 Å². The zero-order valence-electron chi connectivity index (χ0n) is 5.80. The van der Waals surface area contributed by atoms with Gasteiger partial charge in [0.25, 0.3) is 0 Å². The summed E-state index contributed by atoms with van der Waals surface area (Å²) in [4.78, 5) is 0. The van der Waals surface area contributed by atoms with Crippen molar-refractivity contribution in [2.75, 3.05) is 0 Å². The molecule has 0 aromatic heterocycles. The highest BCUT2D eigenvalue weighted by atomic mass is 13.8. The lowest BCUT2D eigenvalue weighted by Gasteiger charge is -1.82. The zero-order chi connectivity index (χ0) is 7.11. The second-order valence-electron chi connectivity index (χ2n) is 1.49. The maximum atomic E-state index is 3.72. The van der Waals surface area contributed by atoms with Crippen LogP contribution in [0.15, 0.2) is 30.3 Å². The van der Waals surface area contributed by atoms with Crippen molar-refractivity contribution in [2.24, 2.45) is 0 Å². The van der Waals surface area contributed by atoms with Gasteiger partial charge in [-0.05, 0) is 12.5 Å². The molecular weight excluding hydrogens is 108 g/mol. The van der Waals surface area contributed by atoms with E-state index in [-0.39, 0.29) is 0 Å². The van der Waals surface area contributed by atoms with Gasteiger partial charge in [-0.25, -0.2) is 0 Å². The van der Waals surface area contributed by atoms with E-state index in [4.69, 9.17) is 0 Å². The second-order valence-corrected chi connectivity index (χ2v) is 1.49. The Morgan fingerprint density at radius 1 is 1.00 bits per heavy atom. The summed E-state index contributed by atoms with van der Waals surface area (Å²) < 4.78 is 0. The van der Waals surface area contributed by atoms with Gasteiger partial charge in [-0.15, -0.1) is 0 Å². The first-order valence-corrected chi connectivity index (χ1v) is 2.97. The predicted molar refractivity (Wildman–Crippen MR) is 41.9 cm³/mol. The third-order valence-electron chi connectivity index (χ3n) is 0.843. The molecule has 0 unspecified atom stereocenters. The fourth-order valence-corrected chi connectivity index (χ4v) is 0.478. The molecule has 2 radical (unpaired) electrons. The van der Waals surface area contributed by atoms with Crippen molar-refractivity contribution in [2.45, 2.75) is 6.92 Å². The topological polar surface area (TPSA) is 0 Å². The van der Waals surface area contributed by atoms with Crippen LogP contribution in [0, 0.1) is 13.8 Å². The molecule has 0 N–H and O–H groups in total. The first-order valence-electron chi connectivity index (χ1n) is 2.97. The number of rotatable bonds is 0. The summed E-state index contributed by atoms with van der Waals surface area (Å²) in [6.07, 6.45) is 0. The molecule has 1 aromatic rings. The summed E-state index contributed by atoms with van der Waals surface area (Å²) >= 11 is 0. The summed E-state index contributed by atoms with van der Waals surface area (Å²) in [7, 11) is 0. The van der Waals surface area contributed by atoms with Gasteiger partial charge in [-0.3, -0.25) is 0 Å². The maximum Gasteiger partial charge on any atom is -0.0238 e. The second kappa shape index (κ2) is 5.36. The van der Waals surface area contributed by atoms with Crippen LogP contribution in [-0.4, -0.2) is 0 Å². The Morgan fingerprint density at radius 2 is 1.44 bits per heavy atom. The van der Waals surface area contributed by atoms with Crippen LogP contribution in [-0.2, 0) is 0 Å². The summed E-state index contributed by atoms with van der Waals surface area (Å²) in [6.45, 7) is 8.72. The van der Waals surface area contributed by atoms with Gasteiger partial charge in [0.1, 0.15) is 0 Å².